The predicted molar refractivity (Wildman–Crippen MR) is 263 cm³/mol. The van der Waals surface area contributed by atoms with Gasteiger partial charge in [0.05, 0.1) is 5.69 Å². The summed E-state index contributed by atoms with van der Waals surface area (Å²) in [6.07, 6.45) is 0. The molecule has 0 saturated carbocycles. The van der Waals surface area contributed by atoms with Crippen molar-refractivity contribution in [2.24, 2.45) is 0 Å². The lowest BCUT2D eigenvalue weighted by Crippen LogP contribution is -2.10. The van der Waals surface area contributed by atoms with Crippen LogP contribution in [0.15, 0.2) is 241 Å². The molecule has 1 heterocycles. The number of hydrogen-bond acceptors (Lipinski definition) is 2. The summed E-state index contributed by atoms with van der Waals surface area (Å²) in [7, 11) is 0. The topological polar surface area (TPSA) is 16.4 Å². The van der Waals surface area contributed by atoms with Crippen LogP contribution < -0.4 is 4.90 Å². The highest BCUT2D eigenvalue weighted by atomic mass is 16.3. The Kier molecular flexibility index (Phi) is 8.53. The van der Waals surface area contributed by atoms with Gasteiger partial charge in [-0.2, -0.15) is 0 Å². The molecule has 0 unspecified atom stereocenters. The molecule has 62 heavy (non-hydrogen) atoms. The van der Waals surface area contributed by atoms with Crippen LogP contribution in [-0.2, 0) is 0 Å². The van der Waals surface area contributed by atoms with Crippen LogP contribution >= 0.6 is 0 Å². The summed E-state index contributed by atoms with van der Waals surface area (Å²) in [5, 5.41) is 9.58. The highest BCUT2D eigenvalue weighted by Gasteiger charge is 2.22. The zero-order chi connectivity index (χ0) is 41.0. The van der Waals surface area contributed by atoms with Crippen LogP contribution in [0, 0.1) is 0 Å². The molecule has 2 nitrogen and oxygen atoms in total. The molecule has 0 N–H and O–H groups in total. The van der Waals surface area contributed by atoms with Crippen molar-refractivity contribution in [3.8, 4) is 44.5 Å². The molecule has 0 atom stereocenters. The Hall–Kier alpha value is -8.20. The number of anilines is 3. The molecule has 0 radical (unpaired) electrons. The summed E-state index contributed by atoms with van der Waals surface area (Å²) >= 11 is 0. The summed E-state index contributed by atoms with van der Waals surface area (Å²) in [5.74, 6) is 0. The number of rotatable bonds is 7. The van der Waals surface area contributed by atoms with Crippen LogP contribution in [0.5, 0.6) is 0 Å². The number of fused-ring (bicyclic) bond motifs is 7. The molecule has 0 fully saturated rings. The van der Waals surface area contributed by atoms with E-state index >= 15 is 0 Å². The largest absolute Gasteiger partial charge is 0.454 e. The van der Waals surface area contributed by atoms with E-state index in [2.05, 4.69) is 235 Å². The maximum Gasteiger partial charge on any atom is 0.160 e. The monoisotopic (exact) mass is 789 g/mol. The Morgan fingerprint density at radius 2 is 0.758 bits per heavy atom. The number of benzene rings is 11. The lowest BCUT2D eigenvalue weighted by atomic mass is 9.91. The SMILES string of the molecule is c1ccc(-c2cccc3cccc(-c4ccc(N(c5ccc(-c6ccc(-c7cccc8ccccc78)cc6)cc5)c5cc6ccccc6c6c5oc5ccccc56)cc4)c23)cc1. The van der Waals surface area contributed by atoms with Gasteiger partial charge in [0.15, 0.2) is 5.58 Å². The number of nitrogens with zero attached hydrogens (tertiary/aromatic N) is 1. The average molecular weight is 790 g/mol. The third kappa shape index (κ3) is 6.04. The first-order chi connectivity index (χ1) is 30.7. The standard InChI is InChI=1S/C60H39NO/c1-2-13-43(14-3-1)52-24-11-18-46-19-12-25-53(58(46)52)45-33-37-49(38-34-45)61(56-39-47-16-5-7-21-54(47)59-55-22-8-9-26-57(55)62-60(56)59)48-35-31-41(32-36-48)40-27-29-44(30-28-40)51-23-10-17-42-15-4-6-20-50(42)51/h1-39H. The lowest BCUT2D eigenvalue weighted by Gasteiger charge is -2.26. The minimum absolute atomic E-state index is 0.864. The zero-order valence-corrected chi connectivity index (χ0v) is 33.9. The van der Waals surface area contributed by atoms with E-state index in [-0.39, 0.29) is 0 Å². The molecule has 11 aromatic carbocycles. The highest BCUT2D eigenvalue weighted by Crippen LogP contribution is 2.46. The van der Waals surface area contributed by atoms with Crippen LogP contribution in [0.2, 0.25) is 0 Å². The molecule has 2 heteroatoms. The molecule has 0 amide bonds. The smallest absolute Gasteiger partial charge is 0.160 e. The van der Waals surface area contributed by atoms with E-state index in [1.165, 1.54) is 60.3 Å². The molecule has 290 valence electrons. The molecule has 0 bridgehead atoms. The van der Waals surface area contributed by atoms with Gasteiger partial charge in [0.2, 0.25) is 0 Å². The number of para-hydroxylation sites is 1. The van der Waals surface area contributed by atoms with Gasteiger partial charge in [0, 0.05) is 22.1 Å². The first-order valence-electron chi connectivity index (χ1n) is 21.2. The third-order valence-corrected chi connectivity index (χ3v) is 12.5. The van der Waals surface area contributed by atoms with Gasteiger partial charge in [-0.05, 0) is 113 Å². The van der Waals surface area contributed by atoms with E-state index in [1.807, 2.05) is 6.07 Å². The van der Waals surface area contributed by atoms with Crippen molar-refractivity contribution in [1.82, 2.24) is 0 Å². The molecule has 1 aromatic heterocycles. The van der Waals surface area contributed by atoms with Gasteiger partial charge in [-0.3, -0.25) is 0 Å². The fraction of sp³-hybridized carbons (Fsp3) is 0. The maximum atomic E-state index is 6.84. The fourth-order valence-electron chi connectivity index (χ4n) is 9.50. The van der Waals surface area contributed by atoms with Crippen LogP contribution in [-0.4, -0.2) is 0 Å². The van der Waals surface area contributed by atoms with E-state index in [4.69, 9.17) is 4.42 Å². The normalized spacial score (nSPS) is 11.5. The first kappa shape index (κ1) is 35.7. The van der Waals surface area contributed by atoms with E-state index in [9.17, 15) is 0 Å². The Labute approximate surface area is 360 Å². The quantitative estimate of drug-likeness (QED) is 0.160. The van der Waals surface area contributed by atoms with Gasteiger partial charge in [-0.1, -0.05) is 200 Å². The summed E-state index contributed by atoms with van der Waals surface area (Å²) in [4.78, 5) is 2.35. The molecule has 0 spiro atoms. The average Bonchev–Trinajstić information content (AvgIpc) is 3.75. The van der Waals surface area contributed by atoms with Gasteiger partial charge < -0.3 is 9.32 Å². The maximum absolute atomic E-state index is 6.84. The van der Waals surface area contributed by atoms with Crippen molar-refractivity contribution in [3.05, 3.63) is 237 Å². The van der Waals surface area contributed by atoms with E-state index in [0.717, 1.165) is 55.5 Å². The Morgan fingerprint density at radius 1 is 0.290 bits per heavy atom. The van der Waals surface area contributed by atoms with E-state index < -0.39 is 0 Å². The molecule has 0 aliphatic rings. The summed E-state index contributed by atoms with van der Waals surface area (Å²) < 4.78 is 6.84. The molecule has 12 aromatic rings. The first-order valence-corrected chi connectivity index (χ1v) is 21.2. The Bertz CT molecular complexity index is 3590. The molecular weight excluding hydrogens is 751 g/mol. The van der Waals surface area contributed by atoms with E-state index in [0.29, 0.717) is 0 Å². The van der Waals surface area contributed by atoms with Crippen molar-refractivity contribution in [3.63, 3.8) is 0 Å². The van der Waals surface area contributed by atoms with Crippen LogP contribution in [0.4, 0.5) is 17.1 Å². The Morgan fingerprint density at radius 3 is 1.45 bits per heavy atom. The third-order valence-electron chi connectivity index (χ3n) is 12.5. The predicted octanol–water partition coefficient (Wildman–Crippen LogP) is 17.2. The molecule has 0 saturated heterocycles. The summed E-state index contributed by atoms with van der Waals surface area (Å²) in [6.45, 7) is 0. The molecular formula is C60H39NO. The lowest BCUT2D eigenvalue weighted by molar-refractivity contribution is 0.669. The molecule has 12 rings (SSSR count). The van der Waals surface area contributed by atoms with Gasteiger partial charge >= 0.3 is 0 Å². The van der Waals surface area contributed by atoms with Crippen molar-refractivity contribution in [2.45, 2.75) is 0 Å². The minimum Gasteiger partial charge on any atom is -0.454 e. The number of hydrogen-bond donors (Lipinski definition) is 0. The second-order valence-electron chi connectivity index (χ2n) is 16.0. The second kappa shape index (κ2) is 14.8. The van der Waals surface area contributed by atoms with Crippen molar-refractivity contribution in [1.29, 1.82) is 0 Å². The van der Waals surface area contributed by atoms with Crippen LogP contribution in [0.3, 0.4) is 0 Å². The van der Waals surface area contributed by atoms with Crippen LogP contribution in [0.1, 0.15) is 0 Å². The summed E-state index contributed by atoms with van der Waals surface area (Å²) in [6, 6.07) is 85.3. The van der Waals surface area contributed by atoms with Gasteiger partial charge in [-0.25, -0.2) is 0 Å². The van der Waals surface area contributed by atoms with Crippen molar-refractivity contribution in [2.75, 3.05) is 4.90 Å². The second-order valence-corrected chi connectivity index (χ2v) is 16.0. The molecule has 0 aliphatic carbocycles. The Balaban J connectivity index is 0.990. The molecule has 0 aliphatic heterocycles. The van der Waals surface area contributed by atoms with Gasteiger partial charge in [0.25, 0.3) is 0 Å². The van der Waals surface area contributed by atoms with Crippen LogP contribution in [0.25, 0.3) is 98.8 Å². The highest BCUT2D eigenvalue weighted by molar-refractivity contribution is 6.23. The van der Waals surface area contributed by atoms with E-state index in [1.54, 1.807) is 0 Å². The summed E-state index contributed by atoms with van der Waals surface area (Å²) in [5.41, 5.74) is 14.4. The van der Waals surface area contributed by atoms with Gasteiger partial charge in [0.1, 0.15) is 5.58 Å². The fourth-order valence-corrected chi connectivity index (χ4v) is 9.50. The van der Waals surface area contributed by atoms with Crippen molar-refractivity contribution < 1.29 is 4.42 Å². The zero-order valence-electron chi connectivity index (χ0n) is 33.9. The number of furan rings is 1. The van der Waals surface area contributed by atoms with Crippen molar-refractivity contribution >= 4 is 71.3 Å². The minimum atomic E-state index is 0.864. The van der Waals surface area contributed by atoms with Gasteiger partial charge in [-0.15, -0.1) is 0 Å².